The third kappa shape index (κ3) is 2.48. The van der Waals surface area contributed by atoms with Gasteiger partial charge in [-0.1, -0.05) is 20.8 Å². The average Bonchev–Trinajstić information content (AvgIpc) is 2.09. The van der Waals surface area contributed by atoms with Gasteiger partial charge in [-0.15, -0.1) is 0 Å². The first-order chi connectivity index (χ1) is 5.09. The van der Waals surface area contributed by atoms with Crippen LogP contribution < -0.4 is 0 Å². The smallest absolute Gasteiger partial charge is 0.00977 e. The van der Waals surface area contributed by atoms with Crippen molar-refractivity contribution < 1.29 is 0 Å². The Labute approximate surface area is 70.8 Å². The molecule has 1 heteroatoms. The molecule has 0 unspecified atom stereocenters. The molecule has 0 radical (unpaired) electrons. The second-order valence-corrected chi connectivity index (χ2v) is 4.56. The van der Waals surface area contributed by atoms with Crippen molar-refractivity contribution in [2.75, 3.05) is 13.6 Å². The van der Waals surface area contributed by atoms with E-state index < -0.39 is 0 Å². The summed E-state index contributed by atoms with van der Waals surface area (Å²) in [6.45, 7) is 8.29. The molecule has 0 aromatic rings. The fourth-order valence-corrected chi connectivity index (χ4v) is 2.18. The van der Waals surface area contributed by atoms with Gasteiger partial charge in [0.25, 0.3) is 0 Å². The molecular formula is C10H21N. The summed E-state index contributed by atoms with van der Waals surface area (Å²) in [6, 6.07) is 0.866. The zero-order valence-corrected chi connectivity index (χ0v) is 8.30. The Morgan fingerprint density at radius 3 is 2.45 bits per heavy atom. The van der Waals surface area contributed by atoms with Gasteiger partial charge in [-0.05, 0) is 31.7 Å². The maximum absolute atomic E-state index is 2.52. The lowest BCUT2D eigenvalue weighted by Gasteiger charge is -2.20. The monoisotopic (exact) mass is 155 g/mol. The van der Waals surface area contributed by atoms with Gasteiger partial charge >= 0.3 is 0 Å². The molecular weight excluding hydrogens is 134 g/mol. The Balaban J connectivity index is 2.34. The molecule has 0 spiro atoms. The van der Waals surface area contributed by atoms with E-state index >= 15 is 0 Å². The van der Waals surface area contributed by atoms with Crippen LogP contribution in [0.15, 0.2) is 0 Å². The van der Waals surface area contributed by atoms with E-state index in [0.717, 1.165) is 17.9 Å². The summed E-state index contributed by atoms with van der Waals surface area (Å²) in [4.78, 5) is 2.52. The molecule has 1 aliphatic heterocycles. The van der Waals surface area contributed by atoms with Gasteiger partial charge < -0.3 is 4.90 Å². The lowest BCUT2D eigenvalue weighted by atomic mass is 9.99. The van der Waals surface area contributed by atoms with Gasteiger partial charge in [-0.25, -0.2) is 0 Å². The van der Waals surface area contributed by atoms with Gasteiger partial charge in [0.15, 0.2) is 0 Å². The molecule has 0 amide bonds. The van der Waals surface area contributed by atoms with Crippen molar-refractivity contribution in [3.05, 3.63) is 0 Å². The Kier molecular flexibility index (Phi) is 2.94. The van der Waals surface area contributed by atoms with Crippen LogP contribution >= 0.6 is 0 Å². The molecule has 0 N–H and O–H groups in total. The van der Waals surface area contributed by atoms with Crippen LogP contribution in [-0.2, 0) is 0 Å². The number of hydrogen-bond donors (Lipinski definition) is 0. The summed E-state index contributed by atoms with van der Waals surface area (Å²) < 4.78 is 0. The number of likely N-dealkylation sites (tertiary alicyclic amines) is 1. The number of rotatable bonds is 2. The molecule has 0 aromatic heterocycles. The van der Waals surface area contributed by atoms with Gasteiger partial charge in [0.05, 0.1) is 0 Å². The molecule has 1 nitrogen and oxygen atoms in total. The van der Waals surface area contributed by atoms with E-state index in [1.165, 1.54) is 19.4 Å². The molecule has 0 aromatic carbocycles. The summed E-state index contributed by atoms with van der Waals surface area (Å²) in [5, 5.41) is 0. The van der Waals surface area contributed by atoms with E-state index in [4.69, 9.17) is 0 Å². The maximum atomic E-state index is 2.52. The highest BCUT2D eigenvalue weighted by molar-refractivity contribution is 4.81. The Morgan fingerprint density at radius 2 is 2.09 bits per heavy atom. The summed E-state index contributed by atoms with van der Waals surface area (Å²) in [6.07, 6.45) is 2.79. The highest BCUT2D eigenvalue weighted by Gasteiger charge is 2.26. The fraction of sp³-hybridized carbons (Fsp3) is 1.00. The van der Waals surface area contributed by atoms with Gasteiger partial charge in [0, 0.05) is 12.6 Å². The second-order valence-electron chi connectivity index (χ2n) is 4.56. The lowest BCUT2D eigenvalue weighted by Crippen LogP contribution is -2.26. The molecule has 1 fully saturated rings. The highest BCUT2D eigenvalue weighted by Crippen LogP contribution is 2.25. The minimum Gasteiger partial charge on any atom is -0.303 e. The standard InChI is InChI=1S/C10H21N/c1-8(2)5-10-6-9(3)7-11(10)4/h8-10H,5-7H2,1-4H3/t9-,10+/m0/s1. The van der Waals surface area contributed by atoms with Crippen molar-refractivity contribution >= 4 is 0 Å². The van der Waals surface area contributed by atoms with E-state index in [9.17, 15) is 0 Å². The number of hydrogen-bond acceptors (Lipinski definition) is 1. The van der Waals surface area contributed by atoms with E-state index in [2.05, 4.69) is 32.7 Å². The van der Waals surface area contributed by atoms with Crippen molar-refractivity contribution in [1.82, 2.24) is 4.90 Å². The molecule has 1 aliphatic rings. The van der Waals surface area contributed by atoms with Crippen LogP contribution in [0.5, 0.6) is 0 Å². The zero-order chi connectivity index (χ0) is 8.43. The molecule has 2 atom stereocenters. The van der Waals surface area contributed by atoms with Crippen molar-refractivity contribution in [3.63, 3.8) is 0 Å². The predicted octanol–water partition coefficient (Wildman–Crippen LogP) is 2.37. The van der Waals surface area contributed by atoms with Crippen LogP contribution in [0.25, 0.3) is 0 Å². The lowest BCUT2D eigenvalue weighted by molar-refractivity contribution is 0.271. The summed E-state index contributed by atoms with van der Waals surface area (Å²) >= 11 is 0. The van der Waals surface area contributed by atoms with Gasteiger partial charge in [-0.3, -0.25) is 0 Å². The summed E-state index contributed by atoms with van der Waals surface area (Å²) in [5.74, 6) is 1.77. The highest BCUT2D eigenvalue weighted by atomic mass is 15.1. The largest absolute Gasteiger partial charge is 0.303 e. The third-order valence-electron chi connectivity index (χ3n) is 2.64. The Bertz CT molecular complexity index is 120. The van der Waals surface area contributed by atoms with Crippen LogP contribution in [0.1, 0.15) is 33.6 Å². The zero-order valence-electron chi connectivity index (χ0n) is 8.30. The predicted molar refractivity (Wildman–Crippen MR) is 49.7 cm³/mol. The topological polar surface area (TPSA) is 3.24 Å². The SMILES string of the molecule is CC(C)C[C@@H]1C[C@H](C)CN1C. The minimum atomic E-state index is 0.854. The Hall–Kier alpha value is -0.0400. The first-order valence-electron chi connectivity index (χ1n) is 4.79. The van der Waals surface area contributed by atoms with Gasteiger partial charge in [0.2, 0.25) is 0 Å². The van der Waals surface area contributed by atoms with Crippen molar-refractivity contribution in [2.24, 2.45) is 11.8 Å². The summed E-state index contributed by atoms with van der Waals surface area (Å²) in [7, 11) is 2.26. The van der Waals surface area contributed by atoms with Gasteiger partial charge in [-0.2, -0.15) is 0 Å². The van der Waals surface area contributed by atoms with Gasteiger partial charge in [0.1, 0.15) is 0 Å². The third-order valence-corrected chi connectivity index (χ3v) is 2.64. The second kappa shape index (κ2) is 3.57. The van der Waals surface area contributed by atoms with Crippen molar-refractivity contribution in [3.8, 4) is 0 Å². The van der Waals surface area contributed by atoms with Crippen molar-refractivity contribution in [1.29, 1.82) is 0 Å². The first kappa shape index (κ1) is 9.05. The Morgan fingerprint density at radius 1 is 1.45 bits per heavy atom. The molecule has 0 aliphatic carbocycles. The summed E-state index contributed by atoms with van der Waals surface area (Å²) in [5.41, 5.74) is 0. The quantitative estimate of drug-likeness (QED) is 0.592. The van der Waals surface area contributed by atoms with Crippen LogP contribution in [0.4, 0.5) is 0 Å². The normalized spacial score (nSPS) is 33.5. The molecule has 0 saturated carbocycles. The average molecular weight is 155 g/mol. The van der Waals surface area contributed by atoms with E-state index in [0.29, 0.717) is 0 Å². The molecule has 11 heavy (non-hydrogen) atoms. The van der Waals surface area contributed by atoms with Crippen LogP contribution in [-0.4, -0.2) is 24.5 Å². The fourth-order valence-electron chi connectivity index (χ4n) is 2.18. The molecule has 1 heterocycles. The molecule has 1 saturated heterocycles. The van der Waals surface area contributed by atoms with Crippen molar-refractivity contribution in [2.45, 2.75) is 39.7 Å². The molecule has 1 rings (SSSR count). The van der Waals surface area contributed by atoms with Crippen LogP contribution in [0.2, 0.25) is 0 Å². The molecule has 66 valence electrons. The van der Waals surface area contributed by atoms with Crippen LogP contribution in [0, 0.1) is 11.8 Å². The van der Waals surface area contributed by atoms with Crippen LogP contribution in [0.3, 0.4) is 0 Å². The number of nitrogens with zero attached hydrogens (tertiary/aromatic N) is 1. The van der Waals surface area contributed by atoms with E-state index in [-0.39, 0.29) is 0 Å². The van der Waals surface area contributed by atoms with E-state index in [1.54, 1.807) is 0 Å². The maximum Gasteiger partial charge on any atom is 0.00977 e. The molecule has 0 bridgehead atoms. The van der Waals surface area contributed by atoms with E-state index in [1.807, 2.05) is 0 Å². The first-order valence-corrected chi connectivity index (χ1v) is 4.79. The minimum absolute atomic E-state index is 0.854.